The summed E-state index contributed by atoms with van der Waals surface area (Å²) in [5.74, 6) is 0. The van der Waals surface area contributed by atoms with Crippen LogP contribution in [0.3, 0.4) is 0 Å². The second kappa shape index (κ2) is 69.4. The van der Waals surface area contributed by atoms with Gasteiger partial charge in [-0.3, -0.25) is 0 Å². The van der Waals surface area contributed by atoms with E-state index in [0.29, 0.717) is 0 Å². The Morgan fingerprint density at radius 1 is 0.750 bits per heavy atom. The third kappa shape index (κ3) is 115. The van der Waals surface area contributed by atoms with E-state index in [1.54, 1.807) is 0 Å². The van der Waals surface area contributed by atoms with Crippen molar-refractivity contribution in [1.82, 2.24) is 0 Å². The summed E-state index contributed by atoms with van der Waals surface area (Å²) in [6, 6.07) is 0. The average Bonchev–Trinajstić information content (AvgIpc) is 1.46. The molecule has 49 valence electrons. The van der Waals surface area contributed by atoms with Crippen LogP contribution in [0, 0.1) is 6.42 Å². The van der Waals surface area contributed by atoms with Crippen molar-refractivity contribution in [3.63, 3.8) is 0 Å². The van der Waals surface area contributed by atoms with Gasteiger partial charge in [-0.05, 0) is 0 Å². The van der Waals surface area contributed by atoms with E-state index in [4.69, 9.17) is 0 Å². The van der Waals surface area contributed by atoms with E-state index in [1.807, 2.05) is 34.1 Å². The first kappa shape index (κ1) is 33.1. The van der Waals surface area contributed by atoms with Gasteiger partial charge in [-0.25, -0.2) is 0 Å². The van der Waals surface area contributed by atoms with Crippen LogP contribution >= 0.6 is 0 Å². The van der Waals surface area contributed by atoms with Crippen molar-refractivity contribution in [2.75, 3.05) is 0 Å². The molecule has 0 aliphatic rings. The van der Waals surface area contributed by atoms with Crippen LogP contribution in [0.1, 0.15) is 27.7 Å². The molecular formula is C5H13V3-. The molecule has 3 heteroatoms. The molecule has 0 spiro atoms. The maximum Gasteiger partial charge on any atom is 0 e. The maximum absolute atomic E-state index is 2.00. The molecule has 0 rings (SSSR count). The molecule has 0 fully saturated rings. The molecule has 0 aromatic heterocycles. The minimum atomic E-state index is 0. The molecule has 0 aliphatic carbocycles. The summed E-state index contributed by atoms with van der Waals surface area (Å²) in [7, 11) is 0. The van der Waals surface area contributed by atoms with E-state index < -0.39 is 0 Å². The van der Waals surface area contributed by atoms with E-state index in [1.165, 1.54) is 0 Å². The van der Waals surface area contributed by atoms with E-state index in [0.717, 1.165) is 0 Å². The van der Waals surface area contributed by atoms with Crippen molar-refractivity contribution in [2.45, 2.75) is 27.7 Å². The first-order chi connectivity index (χ1) is 2.41. The van der Waals surface area contributed by atoms with Gasteiger partial charge >= 0.3 is 0 Å². The van der Waals surface area contributed by atoms with Crippen LogP contribution in [0.15, 0.2) is 0 Å². The topological polar surface area (TPSA) is 0 Å². The van der Waals surface area contributed by atoms with Gasteiger partial charge in [0.2, 0.25) is 0 Å². The molecule has 0 saturated carbocycles. The zero-order chi connectivity index (χ0) is 4.71. The first-order valence-electron chi connectivity index (χ1n) is 2.15. The van der Waals surface area contributed by atoms with Gasteiger partial charge in [0.15, 0.2) is 0 Å². The Morgan fingerprint density at radius 3 is 0.750 bits per heavy atom. The van der Waals surface area contributed by atoms with E-state index in [9.17, 15) is 0 Å². The van der Waals surface area contributed by atoms with Crippen molar-refractivity contribution in [2.24, 2.45) is 0 Å². The molecule has 0 N–H and O–H groups in total. The van der Waals surface area contributed by atoms with Crippen molar-refractivity contribution < 1.29 is 55.7 Å². The second-order valence-corrected chi connectivity index (χ2v) is 0.577. The smallest absolute Gasteiger partial charge is 0 e. The normalized spacial score (nSPS) is 3.00. The van der Waals surface area contributed by atoms with Gasteiger partial charge in [0.1, 0.15) is 0 Å². The molecule has 0 nitrogen and oxygen atoms in total. The van der Waals surface area contributed by atoms with Gasteiger partial charge in [0, 0.05) is 55.7 Å². The standard InChI is InChI=1S/C3H7.C2H6.3V/c1-3-2;1-2;;;/h3H,1-2H3;1-2H3;;;/q-1;;;;. The minimum Gasteiger partial charge on any atom is -0.335 e. The zero-order valence-electron chi connectivity index (χ0n) is 5.92. The molecule has 0 amide bonds. The third-order valence-corrected chi connectivity index (χ3v) is 0. The summed E-state index contributed by atoms with van der Waals surface area (Å²) in [6.07, 6.45) is 2.00. The molecule has 0 saturated heterocycles. The summed E-state index contributed by atoms with van der Waals surface area (Å²) in [5.41, 5.74) is 0. The summed E-state index contributed by atoms with van der Waals surface area (Å²) in [5, 5.41) is 0. The molecule has 0 aromatic rings. The van der Waals surface area contributed by atoms with E-state index >= 15 is 0 Å². The SMILES string of the molecule is CC.C[CH-]C.[V].[V].[V]. The van der Waals surface area contributed by atoms with Crippen LogP contribution in [-0.2, 0) is 55.7 Å². The van der Waals surface area contributed by atoms with Crippen molar-refractivity contribution in [1.29, 1.82) is 0 Å². The van der Waals surface area contributed by atoms with Gasteiger partial charge in [-0.1, -0.05) is 13.8 Å². The number of hydrogen-bond acceptors (Lipinski definition) is 0. The van der Waals surface area contributed by atoms with Gasteiger partial charge in [-0.2, -0.15) is 13.8 Å². The second-order valence-electron chi connectivity index (χ2n) is 0.577. The van der Waals surface area contributed by atoms with E-state index in [2.05, 4.69) is 0 Å². The molecule has 3 radical (unpaired) electrons. The molecule has 0 aromatic carbocycles. The van der Waals surface area contributed by atoms with Gasteiger partial charge < -0.3 is 6.42 Å². The molecule has 0 heterocycles. The molecule has 8 heavy (non-hydrogen) atoms. The van der Waals surface area contributed by atoms with Crippen LogP contribution in [0.2, 0.25) is 0 Å². The van der Waals surface area contributed by atoms with Gasteiger partial charge in [0.05, 0.1) is 0 Å². The Morgan fingerprint density at radius 2 is 0.750 bits per heavy atom. The Labute approximate surface area is 89.2 Å². The third-order valence-electron chi connectivity index (χ3n) is 0. The predicted molar refractivity (Wildman–Crippen MR) is 27.0 cm³/mol. The van der Waals surface area contributed by atoms with Crippen molar-refractivity contribution >= 4 is 0 Å². The fourth-order valence-corrected chi connectivity index (χ4v) is 0. The average molecular weight is 226 g/mol. The first-order valence-corrected chi connectivity index (χ1v) is 2.15. The van der Waals surface area contributed by atoms with Crippen molar-refractivity contribution in [3.05, 3.63) is 6.42 Å². The Kier molecular flexibility index (Phi) is 287. The molecule has 0 bridgehead atoms. The Bertz CT molecular complexity index is 7.64. The molecule has 0 aliphatic heterocycles. The number of rotatable bonds is 0. The maximum atomic E-state index is 2.00. The van der Waals surface area contributed by atoms with Crippen LogP contribution in [0.25, 0.3) is 0 Å². The monoisotopic (exact) mass is 226 g/mol. The predicted octanol–water partition coefficient (Wildman–Crippen LogP) is 2.25. The summed E-state index contributed by atoms with van der Waals surface area (Å²) in [4.78, 5) is 0. The van der Waals surface area contributed by atoms with E-state index in [-0.39, 0.29) is 55.7 Å². The summed E-state index contributed by atoms with van der Waals surface area (Å²) < 4.78 is 0. The van der Waals surface area contributed by atoms with Crippen LogP contribution in [0.5, 0.6) is 0 Å². The Balaban J connectivity index is -0.00000000567. The summed E-state index contributed by atoms with van der Waals surface area (Å²) >= 11 is 0. The molecular weight excluding hydrogens is 213 g/mol. The van der Waals surface area contributed by atoms with Gasteiger partial charge in [-0.15, -0.1) is 0 Å². The number of hydrogen-bond donors (Lipinski definition) is 0. The van der Waals surface area contributed by atoms with Crippen LogP contribution in [0.4, 0.5) is 0 Å². The summed E-state index contributed by atoms with van der Waals surface area (Å²) in [6.45, 7) is 8.00. The largest absolute Gasteiger partial charge is 0.335 e. The minimum absolute atomic E-state index is 0. The zero-order valence-corrected chi connectivity index (χ0v) is 10.1. The Hall–Kier alpha value is 1.75. The fraction of sp³-hybridized carbons (Fsp3) is 0.800. The van der Waals surface area contributed by atoms with Crippen LogP contribution in [-0.4, -0.2) is 0 Å². The molecule has 0 unspecified atom stereocenters. The van der Waals surface area contributed by atoms with Crippen molar-refractivity contribution in [3.8, 4) is 0 Å². The van der Waals surface area contributed by atoms with Gasteiger partial charge in [0.25, 0.3) is 0 Å². The van der Waals surface area contributed by atoms with Crippen LogP contribution < -0.4 is 0 Å². The fourth-order valence-electron chi connectivity index (χ4n) is 0. The quantitative estimate of drug-likeness (QED) is 0.555. The molecule has 0 atom stereocenters.